The van der Waals surface area contributed by atoms with Crippen molar-refractivity contribution in [1.82, 2.24) is 0 Å². The molecule has 1 unspecified atom stereocenters. The summed E-state index contributed by atoms with van der Waals surface area (Å²) in [5, 5.41) is 18.1. The summed E-state index contributed by atoms with van der Waals surface area (Å²) in [6.45, 7) is -0.110. The summed E-state index contributed by atoms with van der Waals surface area (Å²) in [7, 11) is 0. The Morgan fingerprint density at radius 2 is 1.86 bits per heavy atom. The monoisotopic (exact) mass is 190 g/mol. The number of rotatable bonds is 3. The molecule has 0 heterocycles. The number of benzene rings is 1. The van der Waals surface area contributed by atoms with Gasteiger partial charge in [-0.25, -0.2) is 0 Å². The van der Waals surface area contributed by atoms with E-state index in [0.29, 0.717) is 12.8 Å². The van der Waals surface area contributed by atoms with Gasteiger partial charge in [-0.05, 0) is 12.0 Å². The van der Waals surface area contributed by atoms with Gasteiger partial charge in [0.25, 0.3) is 0 Å². The lowest BCUT2D eigenvalue weighted by molar-refractivity contribution is 0.169. The summed E-state index contributed by atoms with van der Waals surface area (Å²) < 4.78 is 0. The van der Waals surface area contributed by atoms with Gasteiger partial charge in [0.1, 0.15) is 6.61 Å². The van der Waals surface area contributed by atoms with E-state index in [1.54, 1.807) is 0 Å². The molecule has 0 fully saturated rings. The van der Waals surface area contributed by atoms with Crippen molar-refractivity contribution < 1.29 is 10.2 Å². The smallest absolute Gasteiger partial charge is 0.104 e. The van der Waals surface area contributed by atoms with Crippen molar-refractivity contribution in [2.24, 2.45) is 0 Å². The van der Waals surface area contributed by atoms with Crippen LogP contribution in [0.1, 0.15) is 24.5 Å². The summed E-state index contributed by atoms with van der Waals surface area (Å²) in [5.74, 6) is 5.33. The van der Waals surface area contributed by atoms with E-state index >= 15 is 0 Å². The molecule has 1 rings (SSSR count). The largest absolute Gasteiger partial charge is 0.388 e. The first-order chi connectivity index (χ1) is 6.84. The predicted molar refractivity (Wildman–Crippen MR) is 55.5 cm³/mol. The second-order valence-electron chi connectivity index (χ2n) is 2.98. The highest BCUT2D eigenvalue weighted by Crippen LogP contribution is 2.16. The Balaban J connectivity index is 2.39. The summed E-state index contributed by atoms with van der Waals surface area (Å²) in [6.07, 6.45) is 0.761. The molecule has 74 valence electrons. The molecule has 2 nitrogen and oxygen atoms in total. The highest BCUT2D eigenvalue weighted by atomic mass is 16.3. The maximum Gasteiger partial charge on any atom is 0.104 e. The van der Waals surface area contributed by atoms with Crippen LogP contribution in [0, 0.1) is 11.8 Å². The third-order valence-electron chi connectivity index (χ3n) is 1.93. The predicted octanol–water partition coefficient (Wildman–Crippen LogP) is 1.50. The fraction of sp³-hybridized carbons (Fsp3) is 0.333. The van der Waals surface area contributed by atoms with Gasteiger partial charge in [0.05, 0.1) is 6.10 Å². The van der Waals surface area contributed by atoms with E-state index in [0.717, 1.165) is 5.56 Å². The average Bonchev–Trinajstić information content (AvgIpc) is 2.25. The molecule has 0 aliphatic carbocycles. The third kappa shape index (κ3) is 3.61. The van der Waals surface area contributed by atoms with E-state index in [4.69, 9.17) is 5.11 Å². The van der Waals surface area contributed by atoms with Crippen LogP contribution in [0.3, 0.4) is 0 Å². The van der Waals surface area contributed by atoms with Crippen LogP contribution < -0.4 is 0 Å². The van der Waals surface area contributed by atoms with Gasteiger partial charge in [0.15, 0.2) is 0 Å². The number of hydrogen-bond acceptors (Lipinski definition) is 2. The first-order valence-electron chi connectivity index (χ1n) is 4.64. The van der Waals surface area contributed by atoms with Crippen LogP contribution >= 0.6 is 0 Å². The minimum atomic E-state index is -0.454. The fourth-order valence-electron chi connectivity index (χ4n) is 1.20. The zero-order chi connectivity index (χ0) is 10.2. The molecule has 14 heavy (non-hydrogen) atoms. The van der Waals surface area contributed by atoms with Gasteiger partial charge >= 0.3 is 0 Å². The van der Waals surface area contributed by atoms with E-state index < -0.39 is 6.10 Å². The van der Waals surface area contributed by atoms with Crippen LogP contribution in [0.15, 0.2) is 30.3 Å². The highest BCUT2D eigenvalue weighted by Gasteiger charge is 2.04. The lowest BCUT2D eigenvalue weighted by atomic mass is 10.1. The molecule has 0 aliphatic heterocycles. The second-order valence-corrected chi connectivity index (χ2v) is 2.98. The standard InChI is InChI=1S/C12H14O2/c13-10-6-2-5-9-12(14)11-7-3-1-4-8-11/h1,3-4,7-8,12-14H,5,9-10H2. The minimum Gasteiger partial charge on any atom is -0.388 e. The summed E-state index contributed by atoms with van der Waals surface area (Å²) in [5.41, 5.74) is 0.915. The van der Waals surface area contributed by atoms with Gasteiger partial charge in [-0.2, -0.15) is 0 Å². The summed E-state index contributed by atoms with van der Waals surface area (Å²) in [4.78, 5) is 0. The number of hydrogen-bond donors (Lipinski definition) is 2. The fourth-order valence-corrected chi connectivity index (χ4v) is 1.20. The molecule has 2 heteroatoms. The van der Waals surface area contributed by atoms with E-state index in [1.807, 2.05) is 30.3 Å². The molecule has 0 aliphatic rings. The Kier molecular flexibility index (Phi) is 4.77. The molecule has 0 bridgehead atoms. The molecule has 1 atom stereocenters. The van der Waals surface area contributed by atoms with Gasteiger partial charge in [-0.3, -0.25) is 0 Å². The summed E-state index contributed by atoms with van der Waals surface area (Å²) >= 11 is 0. The quantitative estimate of drug-likeness (QED) is 0.709. The summed E-state index contributed by atoms with van der Waals surface area (Å²) in [6, 6.07) is 9.51. The highest BCUT2D eigenvalue weighted by molar-refractivity contribution is 5.17. The third-order valence-corrected chi connectivity index (χ3v) is 1.93. The maximum atomic E-state index is 9.69. The van der Waals surface area contributed by atoms with Gasteiger partial charge < -0.3 is 10.2 Å². The molecular weight excluding hydrogens is 176 g/mol. The molecule has 1 aromatic carbocycles. The van der Waals surface area contributed by atoms with Crippen molar-refractivity contribution in [3.63, 3.8) is 0 Å². The van der Waals surface area contributed by atoms with Gasteiger partial charge in [-0.15, -0.1) is 5.92 Å². The zero-order valence-electron chi connectivity index (χ0n) is 7.98. The van der Waals surface area contributed by atoms with E-state index in [9.17, 15) is 5.11 Å². The van der Waals surface area contributed by atoms with Crippen molar-refractivity contribution in [1.29, 1.82) is 0 Å². The van der Waals surface area contributed by atoms with E-state index in [1.165, 1.54) is 0 Å². The maximum absolute atomic E-state index is 9.69. The first kappa shape index (κ1) is 10.8. The lowest BCUT2D eigenvalue weighted by Gasteiger charge is -2.07. The molecule has 0 radical (unpaired) electrons. The SMILES string of the molecule is OCC#CCCC(O)c1ccccc1. The first-order valence-corrected chi connectivity index (χ1v) is 4.64. The topological polar surface area (TPSA) is 40.5 Å². The number of aliphatic hydroxyl groups is 2. The van der Waals surface area contributed by atoms with Crippen LogP contribution in [0.2, 0.25) is 0 Å². The van der Waals surface area contributed by atoms with Crippen LogP contribution in [0.5, 0.6) is 0 Å². The van der Waals surface area contributed by atoms with Crippen LogP contribution in [-0.4, -0.2) is 16.8 Å². The van der Waals surface area contributed by atoms with Gasteiger partial charge in [0, 0.05) is 6.42 Å². The van der Waals surface area contributed by atoms with Crippen LogP contribution in [0.4, 0.5) is 0 Å². The van der Waals surface area contributed by atoms with E-state index in [-0.39, 0.29) is 6.61 Å². The lowest BCUT2D eigenvalue weighted by Crippen LogP contribution is -1.95. The van der Waals surface area contributed by atoms with Crippen molar-refractivity contribution in [3.8, 4) is 11.8 Å². The molecule has 0 saturated carbocycles. The van der Waals surface area contributed by atoms with Crippen LogP contribution in [-0.2, 0) is 0 Å². The average molecular weight is 190 g/mol. The van der Waals surface area contributed by atoms with Gasteiger partial charge in [-0.1, -0.05) is 36.3 Å². The van der Waals surface area contributed by atoms with Crippen molar-refractivity contribution in [2.75, 3.05) is 6.61 Å². The molecule has 0 amide bonds. The second kappa shape index (κ2) is 6.20. The minimum absolute atomic E-state index is 0.110. The Morgan fingerprint density at radius 1 is 1.14 bits per heavy atom. The molecule has 0 saturated heterocycles. The molecule has 0 spiro atoms. The van der Waals surface area contributed by atoms with Crippen molar-refractivity contribution in [2.45, 2.75) is 18.9 Å². The molecule has 2 N–H and O–H groups in total. The Hall–Kier alpha value is -1.30. The molecular formula is C12H14O2. The Bertz CT molecular complexity index is 308. The van der Waals surface area contributed by atoms with E-state index in [2.05, 4.69) is 11.8 Å². The number of aliphatic hydroxyl groups excluding tert-OH is 2. The normalized spacial score (nSPS) is 11.6. The van der Waals surface area contributed by atoms with Crippen LogP contribution in [0.25, 0.3) is 0 Å². The molecule has 1 aromatic rings. The van der Waals surface area contributed by atoms with Gasteiger partial charge in [0.2, 0.25) is 0 Å². The molecule has 0 aromatic heterocycles. The Morgan fingerprint density at radius 3 is 2.50 bits per heavy atom. The van der Waals surface area contributed by atoms with Crippen molar-refractivity contribution >= 4 is 0 Å². The Labute approximate surface area is 84.2 Å². The van der Waals surface area contributed by atoms with Crippen molar-refractivity contribution in [3.05, 3.63) is 35.9 Å². The zero-order valence-corrected chi connectivity index (χ0v) is 7.98.